The van der Waals surface area contributed by atoms with Crippen molar-refractivity contribution in [2.45, 2.75) is 0 Å². The molecule has 0 saturated heterocycles. The van der Waals surface area contributed by atoms with E-state index in [1.54, 1.807) is 42.7 Å². The highest BCUT2D eigenvalue weighted by Crippen LogP contribution is 2.32. The molecule has 3 rings (SSSR count). The van der Waals surface area contributed by atoms with Crippen LogP contribution in [-0.2, 0) is 0 Å². The summed E-state index contributed by atoms with van der Waals surface area (Å²) >= 11 is 0. The molecule has 0 N–H and O–H groups in total. The van der Waals surface area contributed by atoms with Gasteiger partial charge in [-0.15, -0.1) is 0 Å². The van der Waals surface area contributed by atoms with Crippen LogP contribution in [0.5, 0.6) is 0 Å². The molecule has 6 nitrogen and oxygen atoms in total. The van der Waals surface area contributed by atoms with Gasteiger partial charge in [0.2, 0.25) is 0 Å². The topological polar surface area (TPSA) is 81.8 Å². The summed E-state index contributed by atoms with van der Waals surface area (Å²) in [4.78, 5) is 23.4. The van der Waals surface area contributed by atoms with E-state index < -0.39 is 4.92 Å². The van der Waals surface area contributed by atoms with Crippen LogP contribution < -0.4 is 0 Å². The summed E-state index contributed by atoms with van der Waals surface area (Å²) in [6.45, 7) is 0. The highest BCUT2D eigenvalue weighted by atomic mass is 16.6. The second kappa shape index (κ2) is 5.46. The van der Waals surface area contributed by atoms with Crippen LogP contribution in [0.1, 0.15) is 0 Å². The van der Waals surface area contributed by atoms with Gasteiger partial charge in [-0.25, -0.2) is 4.98 Å². The van der Waals surface area contributed by atoms with E-state index in [-0.39, 0.29) is 11.4 Å². The Morgan fingerprint density at radius 2 is 1.52 bits per heavy atom. The third-order valence-corrected chi connectivity index (χ3v) is 2.95. The molecule has 3 aromatic heterocycles. The number of rotatable bonds is 3. The molecule has 0 aliphatic rings. The maximum absolute atomic E-state index is 11.2. The summed E-state index contributed by atoms with van der Waals surface area (Å²) < 4.78 is 0. The van der Waals surface area contributed by atoms with Gasteiger partial charge in [0.05, 0.1) is 16.3 Å². The molecule has 3 heterocycles. The Hall–Kier alpha value is -3.15. The Morgan fingerprint density at radius 1 is 0.810 bits per heavy atom. The highest BCUT2D eigenvalue weighted by Gasteiger charge is 2.20. The van der Waals surface area contributed by atoms with E-state index in [0.29, 0.717) is 17.0 Å². The van der Waals surface area contributed by atoms with Crippen molar-refractivity contribution in [3.05, 3.63) is 71.2 Å². The van der Waals surface area contributed by atoms with Crippen molar-refractivity contribution < 1.29 is 4.92 Å². The zero-order valence-electron chi connectivity index (χ0n) is 10.9. The monoisotopic (exact) mass is 278 g/mol. The number of hydrogen-bond acceptors (Lipinski definition) is 5. The van der Waals surface area contributed by atoms with Gasteiger partial charge in [-0.2, -0.15) is 0 Å². The number of nitro groups is 1. The molecule has 3 aromatic rings. The minimum atomic E-state index is -0.447. The zero-order valence-corrected chi connectivity index (χ0v) is 10.9. The van der Waals surface area contributed by atoms with Gasteiger partial charge >= 0.3 is 0 Å². The molecule has 0 saturated carbocycles. The Bertz CT molecular complexity index is 790. The molecule has 0 fully saturated rings. The summed E-state index contributed by atoms with van der Waals surface area (Å²) in [6, 6.07) is 11.9. The molecule has 0 aromatic carbocycles. The van der Waals surface area contributed by atoms with E-state index in [1.165, 1.54) is 12.3 Å². The lowest BCUT2D eigenvalue weighted by Gasteiger charge is -2.07. The van der Waals surface area contributed by atoms with Gasteiger partial charge in [-0.1, -0.05) is 6.07 Å². The maximum Gasteiger partial charge on any atom is 0.295 e. The van der Waals surface area contributed by atoms with Gasteiger partial charge in [0.1, 0.15) is 5.69 Å². The number of aromatic nitrogens is 3. The van der Waals surface area contributed by atoms with Crippen LogP contribution in [0.25, 0.3) is 22.6 Å². The van der Waals surface area contributed by atoms with Crippen molar-refractivity contribution >= 4 is 5.69 Å². The van der Waals surface area contributed by atoms with Crippen molar-refractivity contribution in [2.24, 2.45) is 0 Å². The minimum absolute atomic E-state index is 0.0531. The lowest BCUT2D eigenvalue weighted by molar-refractivity contribution is -0.384. The number of pyridine rings is 3. The lowest BCUT2D eigenvalue weighted by atomic mass is 10.1. The molecular weight excluding hydrogens is 268 g/mol. The standard InChI is InChI=1S/C15H10N4O2/c20-19(21)13-7-4-10-18-15(13)11-5-3-9-17-14(11)12-6-1-2-8-16-12/h1-10H. The van der Waals surface area contributed by atoms with Crippen molar-refractivity contribution in [3.63, 3.8) is 0 Å². The summed E-state index contributed by atoms with van der Waals surface area (Å²) in [5.74, 6) is 0. The number of nitrogens with zero attached hydrogens (tertiary/aromatic N) is 4. The van der Waals surface area contributed by atoms with Crippen LogP contribution in [0, 0.1) is 10.1 Å². The summed E-state index contributed by atoms with van der Waals surface area (Å²) in [7, 11) is 0. The molecule has 0 unspecified atom stereocenters. The highest BCUT2D eigenvalue weighted by molar-refractivity contribution is 5.81. The first-order valence-electron chi connectivity index (χ1n) is 6.23. The average molecular weight is 278 g/mol. The summed E-state index contributed by atoms with van der Waals surface area (Å²) in [5.41, 5.74) is 2.04. The van der Waals surface area contributed by atoms with Crippen LogP contribution in [0.3, 0.4) is 0 Å². The van der Waals surface area contributed by atoms with Crippen LogP contribution in [0.2, 0.25) is 0 Å². The van der Waals surface area contributed by atoms with E-state index in [4.69, 9.17) is 0 Å². The Morgan fingerprint density at radius 3 is 2.24 bits per heavy atom. The Kier molecular flexibility index (Phi) is 3.34. The molecule has 0 radical (unpaired) electrons. The van der Waals surface area contributed by atoms with Gasteiger partial charge in [0.25, 0.3) is 5.69 Å². The molecule has 102 valence electrons. The first kappa shape index (κ1) is 12.9. The van der Waals surface area contributed by atoms with Crippen molar-refractivity contribution in [3.8, 4) is 22.6 Å². The second-order valence-electron chi connectivity index (χ2n) is 4.24. The molecule has 0 spiro atoms. The Balaban J connectivity index is 2.24. The lowest BCUT2D eigenvalue weighted by Crippen LogP contribution is -1.97. The SMILES string of the molecule is O=[N+]([O-])c1cccnc1-c1cccnc1-c1ccccn1. The van der Waals surface area contributed by atoms with Gasteiger partial charge < -0.3 is 0 Å². The fraction of sp³-hybridized carbons (Fsp3) is 0. The first-order valence-corrected chi connectivity index (χ1v) is 6.23. The normalized spacial score (nSPS) is 10.3. The molecule has 0 aliphatic carbocycles. The maximum atomic E-state index is 11.2. The smallest absolute Gasteiger partial charge is 0.258 e. The quantitative estimate of drug-likeness (QED) is 0.543. The van der Waals surface area contributed by atoms with Crippen LogP contribution in [-0.4, -0.2) is 19.9 Å². The summed E-state index contributed by atoms with van der Waals surface area (Å²) in [5, 5.41) is 11.2. The van der Waals surface area contributed by atoms with Gasteiger partial charge in [-0.3, -0.25) is 20.1 Å². The van der Waals surface area contributed by atoms with E-state index in [0.717, 1.165) is 0 Å². The van der Waals surface area contributed by atoms with E-state index in [1.807, 2.05) is 6.07 Å². The third kappa shape index (κ3) is 2.46. The minimum Gasteiger partial charge on any atom is -0.258 e. The van der Waals surface area contributed by atoms with E-state index >= 15 is 0 Å². The Labute approximate surface area is 120 Å². The van der Waals surface area contributed by atoms with E-state index in [9.17, 15) is 10.1 Å². The van der Waals surface area contributed by atoms with Crippen molar-refractivity contribution in [1.82, 2.24) is 15.0 Å². The van der Waals surface area contributed by atoms with Crippen LogP contribution in [0.4, 0.5) is 5.69 Å². The molecule has 0 amide bonds. The van der Waals surface area contributed by atoms with Crippen LogP contribution in [0.15, 0.2) is 61.1 Å². The third-order valence-electron chi connectivity index (χ3n) is 2.95. The first-order chi connectivity index (χ1) is 10.3. The second-order valence-corrected chi connectivity index (χ2v) is 4.24. The fourth-order valence-electron chi connectivity index (χ4n) is 2.06. The predicted octanol–water partition coefficient (Wildman–Crippen LogP) is 3.11. The van der Waals surface area contributed by atoms with E-state index in [2.05, 4.69) is 15.0 Å². The fourth-order valence-corrected chi connectivity index (χ4v) is 2.06. The molecule has 0 aliphatic heterocycles. The molecule has 6 heteroatoms. The average Bonchev–Trinajstić information content (AvgIpc) is 2.55. The molecule has 0 atom stereocenters. The van der Waals surface area contributed by atoms with Gasteiger partial charge in [0.15, 0.2) is 0 Å². The van der Waals surface area contributed by atoms with Crippen LogP contribution >= 0.6 is 0 Å². The molecular formula is C15H10N4O2. The summed E-state index contributed by atoms with van der Waals surface area (Å²) in [6.07, 6.45) is 4.81. The molecule has 21 heavy (non-hydrogen) atoms. The zero-order chi connectivity index (χ0) is 14.7. The van der Waals surface area contributed by atoms with Crippen molar-refractivity contribution in [2.75, 3.05) is 0 Å². The predicted molar refractivity (Wildman–Crippen MR) is 77.4 cm³/mol. The molecule has 0 bridgehead atoms. The largest absolute Gasteiger partial charge is 0.295 e. The van der Waals surface area contributed by atoms with Gasteiger partial charge in [-0.05, 0) is 30.3 Å². The number of hydrogen-bond donors (Lipinski definition) is 0. The van der Waals surface area contributed by atoms with Gasteiger partial charge in [0, 0.05) is 30.2 Å². The van der Waals surface area contributed by atoms with Crippen molar-refractivity contribution in [1.29, 1.82) is 0 Å².